The molecule has 0 bridgehead atoms. The van der Waals surface area contributed by atoms with Crippen LogP contribution in [0.3, 0.4) is 0 Å². The Hall–Kier alpha value is -3.23. The maximum Gasteiger partial charge on any atom is 0.237 e. The van der Waals surface area contributed by atoms with Gasteiger partial charge < -0.3 is 21.1 Å². The SMILES string of the molecule is C.CC(=O)c1cnc2ccc(-c3cc(F)c(O)c(Cl)c3)cc2c1NC1CCC(NC(=O)[C@@H]2CCCN2)CC1. The average Bonchev–Trinajstić information content (AvgIpc) is 3.43. The second-order valence-corrected chi connectivity index (χ2v) is 10.4. The minimum atomic E-state index is -0.802. The molecule has 0 radical (unpaired) electrons. The molecule has 2 heterocycles. The predicted molar refractivity (Wildman–Crippen MR) is 149 cm³/mol. The smallest absolute Gasteiger partial charge is 0.237 e. The van der Waals surface area contributed by atoms with E-state index >= 15 is 0 Å². The molecule has 1 aromatic heterocycles. The average molecular weight is 541 g/mol. The molecule has 1 atom stereocenters. The van der Waals surface area contributed by atoms with Crippen molar-refractivity contribution in [3.05, 3.63) is 52.9 Å². The van der Waals surface area contributed by atoms with E-state index in [0.717, 1.165) is 50.5 Å². The van der Waals surface area contributed by atoms with Crippen LogP contribution in [0.15, 0.2) is 36.5 Å². The van der Waals surface area contributed by atoms with E-state index in [1.807, 2.05) is 18.2 Å². The number of fused-ring (bicyclic) bond motifs is 1. The highest BCUT2D eigenvalue weighted by Crippen LogP contribution is 2.36. The van der Waals surface area contributed by atoms with Gasteiger partial charge in [0.05, 0.1) is 27.8 Å². The van der Waals surface area contributed by atoms with E-state index in [1.54, 1.807) is 6.20 Å². The molecule has 2 fully saturated rings. The molecular weight excluding hydrogens is 507 g/mol. The second kappa shape index (κ2) is 11.7. The molecule has 38 heavy (non-hydrogen) atoms. The number of amides is 1. The number of anilines is 1. The molecule has 1 aliphatic heterocycles. The van der Waals surface area contributed by atoms with Gasteiger partial charge in [0, 0.05) is 23.7 Å². The minimum Gasteiger partial charge on any atom is -0.504 e. The van der Waals surface area contributed by atoms with Gasteiger partial charge in [0.2, 0.25) is 5.91 Å². The van der Waals surface area contributed by atoms with E-state index in [-0.39, 0.29) is 42.3 Å². The number of phenols is 1. The second-order valence-electron chi connectivity index (χ2n) is 9.97. The van der Waals surface area contributed by atoms with E-state index < -0.39 is 11.6 Å². The molecule has 4 N–H and O–H groups in total. The highest BCUT2D eigenvalue weighted by Gasteiger charge is 2.28. The van der Waals surface area contributed by atoms with Crippen LogP contribution < -0.4 is 16.0 Å². The number of halogens is 2. The number of phenolic OH excluding ortho intramolecular Hbond substituents is 1. The molecule has 2 aromatic carbocycles. The number of nitrogens with zero attached hydrogens (tertiary/aromatic N) is 1. The maximum atomic E-state index is 14.2. The monoisotopic (exact) mass is 540 g/mol. The van der Waals surface area contributed by atoms with Crippen LogP contribution in [0.5, 0.6) is 5.75 Å². The number of carbonyl (C=O) groups excluding carboxylic acids is 2. The lowest BCUT2D eigenvalue weighted by molar-refractivity contribution is -0.123. The third kappa shape index (κ3) is 5.76. The van der Waals surface area contributed by atoms with Gasteiger partial charge >= 0.3 is 0 Å². The summed E-state index contributed by atoms with van der Waals surface area (Å²) in [6.45, 7) is 2.40. The number of ketones is 1. The Kier molecular flexibility index (Phi) is 8.53. The summed E-state index contributed by atoms with van der Waals surface area (Å²) in [6, 6.07) is 8.43. The Morgan fingerprint density at radius 2 is 1.82 bits per heavy atom. The number of Topliss-reactive ketones (excluding diaryl/α,β-unsaturated/α-hetero) is 1. The zero-order chi connectivity index (χ0) is 26.1. The molecular formula is C29H34ClFN4O3. The quantitative estimate of drug-likeness (QED) is 0.293. The molecule has 202 valence electrons. The lowest BCUT2D eigenvalue weighted by atomic mass is 9.90. The molecule has 7 nitrogen and oxygen atoms in total. The van der Waals surface area contributed by atoms with Crippen LogP contribution in [-0.4, -0.2) is 46.5 Å². The van der Waals surface area contributed by atoms with Crippen LogP contribution in [0.2, 0.25) is 5.02 Å². The Labute approximate surface area is 227 Å². The minimum absolute atomic E-state index is 0. The number of benzene rings is 2. The van der Waals surface area contributed by atoms with Crippen LogP contribution in [-0.2, 0) is 4.79 Å². The Balaban J connectivity index is 0.00000336. The third-order valence-corrected chi connectivity index (χ3v) is 7.68. The van der Waals surface area contributed by atoms with E-state index in [1.165, 1.54) is 19.1 Å². The van der Waals surface area contributed by atoms with Crippen LogP contribution in [0.4, 0.5) is 10.1 Å². The Bertz CT molecular complexity index is 1330. The highest BCUT2D eigenvalue weighted by molar-refractivity contribution is 6.32. The summed E-state index contributed by atoms with van der Waals surface area (Å²) in [5.41, 5.74) is 3.08. The molecule has 0 unspecified atom stereocenters. The first kappa shape index (κ1) is 27.8. The number of aromatic nitrogens is 1. The molecule has 1 aliphatic carbocycles. The Morgan fingerprint density at radius 3 is 2.47 bits per heavy atom. The van der Waals surface area contributed by atoms with Crippen molar-refractivity contribution >= 4 is 39.9 Å². The fourth-order valence-electron chi connectivity index (χ4n) is 5.32. The molecule has 2 aliphatic rings. The largest absolute Gasteiger partial charge is 0.504 e. The normalized spacial score (nSPS) is 21.1. The highest BCUT2D eigenvalue weighted by atomic mass is 35.5. The van der Waals surface area contributed by atoms with Crippen LogP contribution in [0.25, 0.3) is 22.0 Å². The summed E-state index contributed by atoms with van der Waals surface area (Å²) in [7, 11) is 0. The molecule has 0 spiro atoms. The summed E-state index contributed by atoms with van der Waals surface area (Å²) in [6.07, 6.45) is 6.91. The van der Waals surface area contributed by atoms with Crippen molar-refractivity contribution in [1.29, 1.82) is 0 Å². The van der Waals surface area contributed by atoms with Crippen molar-refractivity contribution < 1.29 is 19.1 Å². The van der Waals surface area contributed by atoms with Crippen LogP contribution in [0.1, 0.15) is 63.2 Å². The first-order valence-electron chi connectivity index (χ1n) is 12.7. The van der Waals surface area contributed by atoms with Gasteiger partial charge in [-0.3, -0.25) is 14.6 Å². The summed E-state index contributed by atoms with van der Waals surface area (Å²) < 4.78 is 14.2. The topological polar surface area (TPSA) is 103 Å². The number of aromatic hydroxyl groups is 1. The molecule has 1 saturated heterocycles. The van der Waals surface area contributed by atoms with Crippen molar-refractivity contribution in [3.63, 3.8) is 0 Å². The maximum absolute atomic E-state index is 14.2. The summed E-state index contributed by atoms with van der Waals surface area (Å²) in [5, 5.41) is 20.4. The van der Waals surface area contributed by atoms with Crippen molar-refractivity contribution in [3.8, 4) is 16.9 Å². The number of nitrogens with one attached hydrogen (secondary N) is 3. The third-order valence-electron chi connectivity index (χ3n) is 7.40. The zero-order valence-electron chi connectivity index (χ0n) is 20.6. The number of hydrogen-bond acceptors (Lipinski definition) is 6. The molecule has 1 saturated carbocycles. The lowest BCUT2D eigenvalue weighted by Crippen LogP contribution is -2.47. The standard InChI is InChI=1S/C28H30ClFN4O3.CH4/c1-15(35)21-14-32-24-9-4-16(17-12-22(29)27(36)23(30)13-17)11-20(24)26(21)33-18-5-7-19(8-6-18)34-28(37)25-3-2-10-31-25;/h4,9,11-14,18-19,25,31,36H,2-3,5-8,10H2,1H3,(H,32,33)(H,34,37);1H4/t18?,19?,25-;/m0./s1. The fourth-order valence-corrected chi connectivity index (χ4v) is 5.53. The van der Waals surface area contributed by atoms with E-state index in [4.69, 9.17) is 11.6 Å². The first-order valence-corrected chi connectivity index (χ1v) is 13.1. The van der Waals surface area contributed by atoms with Crippen LogP contribution in [0, 0.1) is 5.82 Å². The number of rotatable bonds is 6. The summed E-state index contributed by atoms with van der Waals surface area (Å²) >= 11 is 6.01. The summed E-state index contributed by atoms with van der Waals surface area (Å²) in [4.78, 5) is 29.5. The van der Waals surface area contributed by atoms with Crippen molar-refractivity contribution in [2.45, 2.75) is 71.0 Å². The van der Waals surface area contributed by atoms with Gasteiger partial charge in [-0.05, 0) is 87.4 Å². The molecule has 5 rings (SSSR count). The predicted octanol–water partition coefficient (Wildman–Crippen LogP) is 5.83. The number of pyridine rings is 1. The van der Waals surface area contributed by atoms with Gasteiger partial charge in [0.15, 0.2) is 17.3 Å². The molecule has 3 aromatic rings. The first-order chi connectivity index (χ1) is 17.8. The van der Waals surface area contributed by atoms with E-state index in [0.29, 0.717) is 27.9 Å². The van der Waals surface area contributed by atoms with Crippen LogP contribution >= 0.6 is 11.6 Å². The fraction of sp³-hybridized carbons (Fsp3) is 0.414. The Morgan fingerprint density at radius 1 is 1.08 bits per heavy atom. The molecule has 1 amide bonds. The number of hydrogen-bond donors (Lipinski definition) is 4. The summed E-state index contributed by atoms with van der Waals surface area (Å²) in [5.74, 6) is -1.40. The van der Waals surface area contributed by atoms with Crippen molar-refractivity contribution in [1.82, 2.24) is 15.6 Å². The van der Waals surface area contributed by atoms with E-state index in [9.17, 15) is 19.1 Å². The van der Waals surface area contributed by atoms with E-state index in [2.05, 4.69) is 20.9 Å². The lowest BCUT2D eigenvalue weighted by Gasteiger charge is -2.31. The number of carbonyl (C=O) groups is 2. The zero-order valence-corrected chi connectivity index (χ0v) is 21.4. The van der Waals surface area contributed by atoms with Crippen molar-refractivity contribution in [2.24, 2.45) is 0 Å². The van der Waals surface area contributed by atoms with Crippen molar-refractivity contribution in [2.75, 3.05) is 11.9 Å². The van der Waals surface area contributed by atoms with Gasteiger partial charge in [-0.15, -0.1) is 0 Å². The molecule has 9 heteroatoms. The van der Waals surface area contributed by atoms with Gasteiger partial charge in [-0.2, -0.15) is 0 Å². The van der Waals surface area contributed by atoms with Gasteiger partial charge in [-0.1, -0.05) is 25.1 Å². The van der Waals surface area contributed by atoms with Gasteiger partial charge in [-0.25, -0.2) is 4.39 Å². The van der Waals surface area contributed by atoms with Gasteiger partial charge in [0.1, 0.15) is 0 Å². The van der Waals surface area contributed by atoms with Gasteiger partial charge in [0.25, 0.3) is 0 Å².